The van der Waals surface area contributed by atoms with Crippen molar-refractivity contribution >= 4 is 5.97 Å². The minimum atomic E-state index is -0.748. The number of rotatable bonds is 10. The van der Waals surface area contributed by atoms with Gasteiger partial charge in [0.15, 0.2) is 0 Å². The van der Waals surface area contributed by atoms with Gasteiger partial charge in [0.25, 0.3) is 0 Å². The molecule has 0 aliphatic heterocycles. The van der Waals surface area contributed by atoms with Gasteiger partial charge >= 0.3 is 5.97 Å². The highest BCUT2D eigenvalue weighted by molar-refractivity contribution is 5.69. The van der Waals surface area contributed by atoms with Crippen LogP contribution in [0.4, 0.5) is 0 Å². The summed E-state index contributed by atoms with van der Waals surface area (Å²) in [5, 5.41) is 9.03. The molecular weight excluding hydrogens is 276 g/mol. The molecule has 0 heterocycles. The molecule has 0 bridgehead atoms. The van der Waals surface area contributed by atoms with Crippen molar-refractivity contribution in [1.29, 1.82) is 0 Å². The quantitative estimate of drug-likeness (QED) is 0.722. The first-order valence-electron chi connectivity index (χ1n) is 7.99. The van der Waals surface area contributed by atoms with Gasteiger partial charge in [-0.25, -0.2) is 0 Å². The number of hydrogen-bond donors (Lipinski definition) is 1. The van der Waals surface area contributed by atoms with Crippen molar-refractivity contribution in [2.75, 3.05) is 33.2 Å². The van der Waals surface area contributed by atoms with Crippen LogP contribution in [0.3, 0.4) is 0 Å². The first-order valence-corrected chi connectivity index (χ1v) is 7.99. The van der Waals surface area contributed by atoms with Gasteiger partial charge in [0.1, 0.15) is 0 Å². The molecular formula is C18H30N2O2. The summed E-state index contributed by atoms with van der Waals surface area (Å²) < 4.78 is 0. The Balaban J connectivity index is 2.54. The van der Waals surface area contributed by atoms with E-state index in [9.17, 15) is 4.79 Å². The Labute approximate surface area is 134 Å². The molecule has 0 aromatic heterocycles. The van der Waals surface area contributed by atoms with Crippen LogP contribution < -0.4 is 0 Å². The third-order valence-corrected chi connectivity index (χ3v) is 3.54. The van der Waals surface area contributed by atoms with Crippen molar-refractivity contribution in [2.24, 2.45) is 5.41 Å². The van der Waals surface area contributed by atoms with Crippen LogP contribution >= 0.6 is 0 Å². The summed E-state index contributed by atoms with van der Waals surface area (Å²) in [5.41, 5.74) is 1.35. The van der Waals surface area contributed by atoms with Crippen LogP contribution in [0.5, 0.6) is 0 Å². The lowest BCUT2D eigenvalue weighted by atomic mass is 9.91. The Bertz CT molecular complexity index is 446. The molecule has 0 radical (unpaired) electrons. The van der Waals surface area contributed by atoms with Gasteiger partial charge < -0.3 is 10.0 Å². The van der Waals surface area contributed by atoms with Gasteiger partial charge in [-0.15, -0.1) is 0 Å². The average molecular weight is 306 g/mol. The number of carboxylic acid groups (broad SMARTS) is 1. The summed E-state index contributed by atoms with van der Waals surface area (Å²) in [6.07, 6.45) is 0.975. The van der Waals surface area contributed by atoms with E-state index < -0.39 is 5.97 Å². The third kappa shape index (κ3) is 7.57. The van der Waals surface area contributed by atoms with Crippen molar-refractivity contribution in [2.45, 2.75) is 33.7 Å². The lowest BCUT2D eigenvalue weighted by Crippen LogP contribution is -2.43. The summed E-state index contributed by atoms with van der Waals surface area (Å²) in [6, 6.07) is 10.4. The Morgan fingerprint density at radius 3 is 2.36 bits per heavy atom. The summed E-state index contributed by atoms with van der Waals surface area (Å²) >= 11 is 0. The smallest absolute Gasteiger partial charge is 0.317 e. The molecule has 124 valence electrons. The summed E-state index contributed by atoms with van der Waals surface area (Å²) in [4.78, 5) is 15.3. The molecule has 0 atom stereocenters. The van der Waals surface area contributed by atoms with E-state index in [1.165, 1.54) is 5.56 Å². The van der Waals surface area contributed by atoms with Crippen molar-refractivity contribution in [1.82, 2.24) is 9.80 Å². The number of hydrogen-bond acceptors (Lipinski definition) is 3. The van der Waals surface area contributed by atoms with Gasteiger partial charge in [-0.1, -0.05) is 51.1 Å². The molecule has 1 aromatic carbocycles. The summed E-state index contributed by atoms with van der Waals surface area (Å²) in [5.74, 6) is -0.748. The predicted molar refractivity (Wildman–Crippen MR) is 90.9 cm³/mol. The molecule has 1 aromatic rings. The highest BCUT2D eigenvalue weighted by Crippen LogP contribution is 2.19. The summed E-state index contributed by atoms with van der Waals surface area (Å²) in [7, 11) is 2.12. The second kappa shape index (κ2) is 8.91. The van der Waals surface area contributed by atoms with Crippen LogP contribution in [0.1, 0.15) is 32.8 Å². The minimum Gasteiger partial charge on any atom is -0.480 e. The van der Waals surface area contributed by atoms with Crippen LogP contribution in [-0.4, -0.2) is 54.1 Å². The van der Waals surface area contributed by atoms with E-state index in [1.54, 1.807) is 0 Å². The predicted octanol–water partition coefficient (Wildman–Crippen LogP) is 2.94. The van der Waals surface area contributed by atoms with Gasteiger partial charge in [0.2, 0.25) is 0 Å². The molecule has 0 amide bonds. The Morgan fingerprint density at radius 2 is 1.82 bits per heavy atom. The van der Waals surface area contributed by atoms with Crippen LogP contribution in [-0.2, 0) is 11.3 Å². The molecule has 22 heavy (non-hydrogen) atoms. The van der Waals surface area contributed by atoms with Gasteiger partial charge in [-0.2, -0.15) is 0 Å². The second-order valence-corrected chi connectivity index (χ2v) is 6.93. The molecule has 1 rings (SSSR count). The average Bonchev–Trinajstić information content (AvgIpc) is 2.37. The zero-order valence-corrected chi connectivity index (χ0v) is 14.4. The molecule has 0 saturated heterocycles. The van der Waals surface area contributed by atoms with E-state index in [0.29, 0.717) is 0 Å². The zero-order valence-electron chi connectivity index (χ0n) is 14.4. The highest BCUT2D eigenvalue weighted by Gasteiger charge is 2.24. The maximum Gasteiger partial charge on any atom is 0.317 e. The standard InChI is InChI=1S/C18H30N2O2/c1-5-11-20(13-17(21)22)15-18(2,3)14-19(4)12-16-9-7-6-8-10-16/h6-10H,5,11-15H2,1-4H3,(H,21,22). The van der Waals surface area contributed by atoms with Crippen molar-refractivity contribution in [3.05, 3.63) is 35.9 Å². The minimum absolute atomic E-state index is 0.0498. The van der Waals surface area contributed by atoms with Crippen molar-refractivity contribution in [3.8, 4) is 0 Å². The van der Waals surface area contributed by atoms with Crippen molar-refractivity contribution in [3.63, 3.8) is 0 Å². The Kier molecular flexibility index (Phi) is 7.56. The zero-order chi connectivity index (χ0) is 16.6. The molecule has 1 N–H and O–H groups in total. The Morgan fingerprint density at radius 1 is 1.18 bits per heavy atom. The van der Waals surface area contributed by atoms with E-state index in [0.717, 1.165) is 32.6 Å². The second-order valence-electron chi connectivity index (χ2n) is 6.93. The first-order chi connectivity index (χ1) is 10.3. The van der Waals surface area contributed by atoms with E-state index in [2.05, 4.69) is 57.0 Å². The Hall–Kier alpha value is -1.39. The van der Waals surface area contributed by atoms with Crippen LogP contribution in [0.2, 0.25) is 0 Å². The maximum absolute atomic E-state index is 11.0. The summed E-state index contributed by atoms with van der Waals surface area (Å²) in [6.45, 7) is 10.1. The number of aliphatic carboxylic acids is 1. The van der Waals surface area contributed by atoms with E-state index in [1.807, 2.05) is 11.0 Å². The molecule has 0 saturated carbocycles. The van der Waals surface area contributed by atoms with Crippen LogP contribution in [0, 0.1) is 5.41 Å². The molecule has 4 heteroatoms. The number of benzene rings is 1. The highest BCUT2D eigenvalue weighted by atomic mass is 16.4. The van der Waals surface area contributed by atoms with Crippen molar-refractivity contribution < 1.29 is 9.90 Å². The topological polar surface area (TPSA) is 43.8 Å². The lowest BCUT2D eigenvalue weighted by Gasteiger charge is -2.35. The number of carbonyl (C=O) groups is 1. The van der Waals surface area contributed by atoms with E-state index >= 15 is 0 Å². The fourth-order valence-electron chi connectivity index (χ4n) is 3.06. The van der Waals surface area contributed by atoms with E-state index in [4.69, 9.17) is 5.11 Å². The molecule has 0 aliphatic rings. The normalized spacial score (nSPS) is 12.1. The molecule has 4 nitrogen and oxygen atoms in total. The van der Waals surface area contributed by atoms with Crippen LogP contribution in [0.25, 0.3) is 0 Å². The fourth-order valence-corrected chi connectivity index (χ4v) is 3.06. The van der Waals surface area contributed by atoms with Gasteiger partial charge in [-0.3, -0.25) is 9.69 Å². The monoisotopic (exact) mass is 306 g/mol. The maximum atomic E-state index is 11.0. The van der Waals surface area contributed by atoms with Crippen LogP contribution in [0.15, 0.2) is 30.3 Å². The molecule has 0 spiro atoms. The number of nitrogens with zero attached hydrogens (tertiary/aromatic N) is 2. The number of carboxylic acids is 1. The van der Waals surface area contributed by atoms with E-state index in [-0.39, 0.29) is 12.0 Å². The van der Waals surface area contributed by atoms with Gasteiger partial charge in [0, 0.05) is 19.6 Å². The van der Waals surface area contributed by atoms with Gasteiger partial charge in [-0.05, 0) is 31.0 Å². The van der Waals surface area contributed by atoms with Gasteiger partial charge in [0.05, 0.1) is 6.54 Å². The lowest BCUT2D eigenvalue weighted by molar-refractivity contribution is -0.138. The SMILES string of the molecule is CCCN(CC(=O)O)CC(C)(C)CN(C)Cc1ccccc1. The molecule has 0 aliphatic carbocycles. The largest absolute Gasteiger partial charge is 0.480 e. The molecule has 0 unspecified atom stereocenters. The first kappa shape index (κ1) is 18.7. The third-order valence-electron chi connectivity index (χ3n) is 3.54. The molecule has 0 fully saturated rings. The fraction of sp³-hybridized carbons (Fsp3) is 0.611.